The highest BCUT2D eigenvalue weighted by molar-refractivity contribution is 5.33. The van der Waals surface area contributed by atoms with Crippen LogP contribution in [0, 0.1) is 12.8 Å². The molecule has 0 bridgehead atoms. The van der Waals surface area contributed by atoms with Gasteiger partial charge in [-0.3, -0.25) is 4.98 Å². The van der Waals surface area contributed by atoms with Crippen molar-refractivity contribution >= 4 is 0 Å². The average molecular weight is 274 g/mol. The van der Waals surface area contributed by atoms with Crippen LogP contribution in [0.25, 0.3) is 0 Å². The summed E-state index contributed by atoms with van der Waals surface area (Å²) in [7, 11) is 0. The molecule has 1 heterocycles. The van der Waals surface area contributed by atoms with Crippen LogP contribution in [0.3, 0.4) is 0 Å². The Kier molecular flexibility index (Phi) is 4.56. The number of rotatable bonds is 6. The Labute approximate surface area is 122 Å². The largest absolute Gasteiger partial charge is 0.493 e. The summed E-state index contributed by atoms with van der Waals surface area (Å²) in [5.41, 5.74) is 2.25. The molecule has 0 aliphatic heterocycles. The number of nitrogens with one attached hydrogen (secondary N) is 1. The van der Waals surface area contributed by atoms with E-state index in [9.17, 15) is 0 Å². The average Bonchev–Trinajstić information content (AvgIpc) is 3.29. The fraction of sp³-hybridized carbons (Fsp3) is 0.706. The molecule has 2 aliphatic rings. The number of pyridine rings is 1. The van der Waals surface area contributed by atoms with Gasteiger partial charge < -0.3 is 10.1 Å². The molecule has 0 aromatic carbocycles. The molecular weight excluding hydrogens is 248 g/mol. The molecule has 0 unspecified atom stereocenters. The van der Waals surface area contributed by atoms with Crippen molar-refractivity contribution < 1.29 is 4.74 Å². The van der Waals surface area contributed by atoms with E-state index in [1.165, 1.54) is 50.5 Å². The van der Waals surface area contributed by atoms with Gasteiger partial charge in [-0.05, 0) is 38.5 Å². The van der Waals surface area contributed by atoms with Crippen LogP contribution < -0.4 is 10.1 Å². The van der Waals surface area contributed by atoms with E-state index in [0.29, 0.717) is 0 Å². The van der Waals surface area contributed by atoms with Crippen LogP contribution in [0.4, 0.5) is 0 Å². The summed E-state index contributed by atoms with van der Waals surface area (Å²) in [5.74, 6) is 1.79. The highest BCUT2D eigenvalue weighted by Gasteiger charge is 2.21. The molecule has 0 radical (unpaired) electrons. The lowest BCUT2D eigenvalue weighted by Gasteiger charge is -2.22. The maximum atomic E-state index is 6.13. The summed E-state index contributed by atoms with van der Waals surface area (Å²) in [6, 6.07) is 2.81. The third-order valence-corrected chi connectivity index (χ3v) is 4.44. The monoisotopic (exact) mass is 274 g/mol. The molecule has 0 spiro atoms. The molecule has 2 saturated carbocycles. The number of hydrogen-bond acceptors (Lipinski definition) is 3. The first-order valence-corrected chi connectivity index (χ1v) is 8.13. The van der Waals surface area contributed by atoms with E-state index in [-0.39, 0.29) is 0 Å². The summed E-state index contributed by atoms with van der Waals surface area (Å²) in [6.45, 7) is 3.80. The van der Waals surface area contributed by atoms with Gasteiger partial charge in [-0.25, -0.2) is 0 Å². The zero-order valence-corrected chi connectivity index (χ0v) is 12.5. The molecule has 0 saturated heterocycles. The van der Waals surface area contributed by atoms with Gasteiger partial charge in [0.2, 0.25) is 0 Å². The van der Waals surface area contributed by atoms with Gasteiger partial charge in [-0.1, -0.05) is 19.3 Å². The van der Waals surface area contributed by atoms with Crippen LogP contribution in [-0.2, 0) is 6.54 Å². The van der Waals surface area contributed by atoms with Crippen LogP contribution in [-0.4, -0.2) is 17.6 Å². The molecule has 1 aromatic heterocycles. The fourth-order valence-corrected chi connectivity index (χ4v) is 2.93. The van der Waals surface area contributed by atoms with E-state index in [2.05, 4.69) is 16.4 Å². The molecule has 2 fully saturated rings. The third-order valence-electron chi connectivity index (χ3n) is 4.44. The summed E-state index contributed by atoms with van der Waals surface area (Å²) in [4.78, 5) is 4.41. The van der Waals surface area contributed by atoms with Crippen LogP contribution in [0.1, 0.15) is 56.2 Å². The van der Waals surface area contributed by atoms with Crippen LogP contribution in [0.15, 0.2) is 12.3 Å². The van der Waals surface area contributed by atoms with Crippen molar-refractivity contribution in [2.45, 2.75) is 64.5 Å². The highest BCUT2D eigenvalue weighted by atomic mass is 16.5. The van der Waals surface area contributed by atoms with E-state index < -0.39 is 0 Å². The van der Waals surface area contributed by atoms with Crippen molar-refractivity contribution in [2.75, 3.05) is 6.61 Å². The lowest BCUT2D eigenvalue weighted by molar-refractivity contribution is 0.207. The Morgan fingerprint density at radius 1 is 1.20 bits per heavy atom. The second kappa shape index (κ2) is 6.57. The quantitative estimate of drug-likeness (QED) is 0.860. The Bertz CT molecular complexity index is 437. The Hall–Kier alpha value is -1.09. The van der Waals surface area contributed by atoms with Crippen molar-refractivity contribution in [2.24, 2.45) is 5.92 Å². The Morgan fingerprint density at radius 3 is 2.75 bits per heavy atom. The number of aromatic nitrogens is 1. The summed E-state index contributed by atoms with van der Waals surface area (Å²) in [5, 5.41) is 3.55. The number of hydrogen-bond donors (Lipinski definition) is 1. The van der Waals surface area contributed by atoms with Gasteiger partial charge in [0.1, 0.15) is 5.75 Å². The Morgan fingerprint density at radius 2 is 2.00 bits per heavy atom. The van der Waals surface area contributed by atoms with E-state index in [0.717, 1.165) is 36.6 Å². The van der Waals surface area contributed by atoms with Crippen molar-refractivity contribution in [1.82, 2.24) is 10.3 Å². The first kappa shape index (κ1) is 13.9. The first-order valence-electron chi connectivity index (χ1n) is 8.13. The molecule has 3 rings (SSSR count). The normalized spacial score (nSPS) is 20.1. The van der Waals surface area contributed by atoms with Gasteiger partial charge >= 0.3 is 0 Å². The van der Waals surface area contributed by atoms with Gasteiger partial charge in [0.25, 0.3) is 0 Å². The zero-order valence-electron chi connectivity index (χ0n) is 12.5. The van der Waals surface area contributed by atoms with E-state index in [1.807, 2.05) is 13.1 Å². The molecular formula is C17H26N2O. The molecule has 2 aliphatic carbocycles. The van der Waals surface area contributed by atoms with Gasteiger partial charge in [0.15, 0.2) is 0 Å². The van der Waals surface area contributed by atoms with Crippen molar-refractivity contribution in [3.05, 3.63) is 23.5 Å². The van der Waals surface area contributed by atoms with Gasteiger partial charge in [-0.15, -0.1) is 0 Å². The van der Waals surface area contributed by atoms with Crippen molar-refractivity contribution in [3.63, 3.8) is 0 Å². The number of nitrogens with zero attached hydrogens (tertiary/aromatic N) is 1. The van der Waals surface area contributed by atoms with E-state index in [1.54, 1.807) is 0 Å². The van der Waals surface area contributed by atoms with Gasteiger partial charge in [0, 0.05) is 36.1 Å². The molecule has 1 N–H and O–H groups in total. The summed E-state index contributed by atoms with van der Waals surface area (Å²) < 4.78 is 6.13. The minimum atomic E-state index is 0.725. The predicted octanol–water partition coefficient (Wildman–Crippen LogP) is 3.60. The van der Waals surface area contributed by atoms with E-state index >= 15 is 0 Å². The maximum absolute atomic E-state index is 6.13. The summed E-state index contributed by atoms with van der Waals surface area (Å²) in [6.07, 6.45) is 11.4. The lowest BCUT2D eigenvalue weighted by Crippen LogP contribution is -2.19. The molecule has 0 amide bonds. The molecule has 0 atom stereocenters. The maximum Gasteiger partial charge on any atom is 0.127 e. The van der Waals surface area contributed by atoms with Gasteiger partial charge in [0.05, 0.1) is 6.61 Å². The minimum absolute atomic E-state index is 0.725. The predicted molar refractivity (Wildman–Crippen MR) is 80.9 cm³/mol. The minimum Gasteiger partial charge on any atom is -0.493 e. The lowest BCUT2D eigenvalue weighted by atomic mass is 9.90. The van der Waals surface area contributed by atoms with Gasteiger partial charge in [-0.2, -0.15) is 0 Å². The second-order valence-corrected chi connectivity index (χ2v) is 6.40. The van der Waals surface area contributed by atoms with E-state index in [4.69, 9.17) is 4.74 Å². The molecule has 110 valence electrons. The molecule has 3 nitrogen and oxygen atoms in total. The van der Waals surface area contributed by atoms with Crippen molar-refractivity contribution in [3.8, 4) is 5.75 Å². The highest BCUT2D eigenvalue weighted by Crippen LogP contribution is 2.27. The summed E-state index contributed by atoms with van der Waals surface area (Å²) >= 11 is 0. The number of aryl methyl sites for hydroxylation is 1. The standard InChI is InChI=1S/C17H26N2O/c1-13-9-17(20-12-14-5-3-2-4-6-14)15(10-18-13)11-19-16-7-8-16/h9-10,14,16,19H,2-8,11-12H2,1H3. The second-order valence-electron chi connectivity index (χ2n) is 6.40. The molecule has 3 heteroatoms. The fourth-order valence-electron chi connectivity index (χ4n) is 2.93. The molecule has 20 heavy (non-hydrogen) atoms. The van der Waals surface area contributed by atoms with Crippen LogP contribution >= 0.6 is 0 Å². The topological polar surface area (TPSA) is 34.1 Å². The SMILES string of the molecule is Cc1cc(OCC2CCCCC2)c(CNC2CC2)cn1. The van der Waals surface area contributed by atoms with Crippen molar-refractivity contribution in [1.29, 1.82) is 0 Å². The van der Waals surface area contributed by atoms with Crippen LogP contribution in [0.5, 0.6) is 5.75 Å². The third kappa shape index (κ3) is 3.95. The van der Waals surface area contributed by atoms with Crippen LogP contribution in [0.2, 0.25) is 0 Å². The molecule has 1 aromatic rings. The smallest absolute Gasteiger partial charge is 0.127 e. The zero-order chi connectivity index (χ0) is 13.8. The Balaban J connectivity index is 1.58. The number of ether oxygens (including phenoxy) is 1. The first-order chi connectivity index (χ1) is 9.81.